The summed E-state index contributed by atoms with van der Waals surface area (Å²) in [6.07, 6.45) is 2.76. The summed E-state index contributed by atoms with van der Waals surface area (Å²) in [6, 6.07) is 4.69. The van der Waals surface area contributed by atoms with Crippen molar-refractivity contribution in [2.24, 2.45) is 0 Å². The molecule has 7 nitrogen and oxygen atoms in total. The third kappa shape index (κ3) is 4.11. The van der Waals surface area contributed by atoms with Crippen molar-refractivity contribution in [3.63, 3.8) is 0 Å². The molecule has 0 bridgehead atoms. The number of hydrogen-bond acceptors (Lipinski definition) is 4. The number of nitrogens with zero attached hydrogens (tertiary/aromatic N) is 1. The maximum absolute atomic E-state index is 12.5. The summed E-state index contributed by atoms with van der Waals surface area (Å²) in [5.41, 5.74) is -0.00902. The van der Waals surface area contributed by atoms with Gasteiger partial charge in [0.2, 0.25) is 0 Å². The Morgan fingerprint density at radius 2 is 2.08 bits per heavy atom. The van der Waals surface area contributed by atoms with E-state index in [-0.39, 0.29) is 11.5 Å². The molecule has 0 fully saturated rings. The molecule has 0 saturated heterocycles. The molecule has 130 valence electrons. The molecular weight excluding hydrogens is 310 g/mol. The SMILES string of the molecule is CCCCCn1c(=O)[nH]c2cc(C(=O)NCCOC)ccc2c1=O. The number of benzene rings is 1. The number of methoxy groups -OCH3 is 1. The molecule has 2 rings (SSSR count). The lowest BCUT2D eigenvalue weighted by atomic mass is 10.1. The van der Waals surface area contributed by atoms with E-state index in [4.69, 9.17) is 4.74 Å². The maximum Gasteiger partial charge on any atom is 0.328 e. The lowest BCUT2D eigenvalue weighted by Gasteiger charge is -2.08. The average molecular weight is 333 g/mol. The van der Waals surface area contributed by atoms with Crippen LogP contribution in [0.5, 0.6) is 0 Å². The fourth-order valence-electron chi connectivity index (χ4n) is 2.49. The highest BCUT2D eigenvalue weighted by atomic mass is 16.5. The van der Waals surface area contributed by atoms with Crippen molar-refractivity contribution in [3.05, 3.63) is 44.6 Å². The van der Waals surface area contributed by atoms with Gasteiger partial charge in [-0.3, -0.25) is 14.2 Å². The molecule has 1 aromatic heterocycles. The Morgan fingerprint density at radius 1 is 1.29 bits per heavy atom. The zero-order chi connectivity index (χ0) is 17.5. The normalized spacial score (nSPS) is 10.9. The second-order valence-electron chi connectivity index (χ2n) is 5.60. The highest BCUT2D eigenvalue weighted by Crippen LogP contribution is 2.09. The van der Waals surface area contributed by atoms with Crippen LogP contribution in [0.15, 0.2) is 27.8 Å². The number of aromatic amines is 1. The third-order valence-corrected chi connectivity index (χ3v) is 3.82. The van der Waals surface area contributed by atoms with Gasteiger partial charge in [-0.2, -0.15) is 0 Å². The van der Waals surface area contributed by atoms with Gasteiger partial charge in [0.15, 0.2) is 0 Å². The number of aromatic nitrogens is 2. The number of ether oxygens (including phenoxy) is 1. The molecule has 1 heterocycles. The molecule has 0 unspecified atom stereocenters. The molecule has 2 aromatic rings. The molecule has 0 spiro atoms. The first-order valence-corrected chi connectivity index (χ1v) is 8.12. The van der Waals surface area contributed by atoms with E-state index in [0.29, 0.717) is 36.2 Å². The molecule has 1 amide bonds. The lowest BCUT2D eigenvalue weighted by Crippen LogP contribution is -2.35. The lowest BCUT2D eigenvalue weighted by molar-refractivity contribution is 0.0937. The fraction of sp³-hybridized carbons (Fsp3) is 0.471. The van der Waals surface area contributed by atoms with E-state index in [9.17, 15) is 14.4 Å². The average Bonchev–Trinajstić information content (AvgIpc) is 2.57. The molecule has 2 N–H and O–H groups in total. The summed E-state index contributed by atoms with van der Waals surface area (Å²) in [5, 5.41) is 3.10. The molecule has 0 aliphatic rings. The Morgan fingerprint density at radius 3 is 2.79 bits per heavy atom. The number of carbonyl (C=O) groups excluding carboxylic acids is 1. The van der Waals surface area contributed by atoms with Gasteiger partial charge in [-0.25, -0.2) is 4.79 Å². The van der Waals surface area contributed by atoms with Crippen molar-refractivity contribution >= 4 is 16.8 Å². The fourth-order valence-corrected chi connectivity index (χ4v) is 2.49. The van der Waals surface area contributed by atoms with Crippen LogP contribution in [0.2, 0.25) is 0 Å². The summed E-state index contributed by atoms with van der Waals surface area (Å²) in [7, 11) is 1.55. The third-order valence-electron chi connectivity index (χ3n) is 3.82. The van der Waals surface area contributed by atoms with Crippen molar-refractivity contribution < 1.29 is 9.53 Å². The summed E-state index contributed by atoms with van der Waals surface area (Å²) in [6.45, 7) is 3.27. The van der Waals surface area contributed by atoms with E-state index in [1.54, 1.807) is 19.2 Å². The van der Waals surface area contributed by atoms with Crippen LogP contribution in [0, 0.1) is 0 Å². The van der Waals surface area contributed by atoms with Crippen LogP contribution >= 0.6 is 0 Å². The van der Waals surface area contributed by atoms with Crippen LogP contribution in [0.25, 0.3) is 10.9 Å². The van der Waals surface area contributed by atoms with Crippen LogP contribution in [-0.2, 0) is 11.3 Å². The zero-order valence-electron chi connectivity index (χ0n) is 14.1. The highest BCUT2D eigenvalue weighted by molar-refractivity contribution is 5.97. The van der Waals surface area contributed by atoms with Gasteiger partial charge in [0.1, 0.15) is 0 Å². The number of nitrogens with one attached hydrogen (secondary N) is 2. The Balaban J connectivity index is 2.31. The van der Waals surface area contributed by atoms with E-state index >= 15 is 0 Å². The molecule has 0 saturated carbocycles. The Hall–Kier alpha value is -2.41. The topological polar surface area (TPSA) is 93.2 Å². The monoisotopic (exact) mass is 333 g/mol. The van der Waals surface area contributed by atoms with Gasteiger partial charge in [-0.05, 0) is 24.6 Å². The Bertz CT molecular complexity index is 823. The van der Waals surface area contributed by atoms with Crippen molar-refractivity contribution in [1.82, 2.24) is 14.9 Å². The molecule has 24 heavy (non-hydrogen) atoms. The van der Waals surface area contributed by atoms with Gasteiger partial charge >= 0.3 is 5.69 Å². The molecule has 0 radical (unpaired) electrons. The minimum atomic E-state index is -0.444. The first kappa shape index (κ1) is 17.9. The Labute approximate surface area is 139 Å². The van der Waals surface area contributed by atoms with Gasteiger partial charge in [-0.15, -0.1) is 0 Å². The smallest absolute Gasteiger partial charge is 0.328 e. The van der Waals surface area contributed by atoms with E-state index in [0.717, 1.165) is 19.3 Å². The number of H-pyrrole nitrogens is 1. The van der Waals surface area contributed by atoms with Crippen LogP contribution < -0.4 is 16.6 Å². The minimum Gasteiger partial charge on any atom is -0.383 e. The summed E-state index contributed by atoms with van der Waals surface area (Å²) in [4.78, 5) is 39.3. The number of rotatable bonds is 8. The molecule has 1 aromatic carbocycles. The van der Waals surface area contributed by atoms with E-state index in [1.807, 2.05) is 0 Å². The highest BCUT2D eigenvalue weighted by Gasteiger charge is 2.11. The van der Waals surface area contributed by atoms with Gasteiger partial charge < -0.3 is 15.0 Å². The van der Waals surface area contributed by atoms with Gasteiger partial charge in [0.25, 0.3) is 11.5 Å². The quantitative estimate of drug-likeness (QED) is 0.711. The predicted molar refractivity (Wildman–Crippen MR) is 92.6 cm³/mol. The predicted octanol–water partition coefficient (Wildman–Crippen LogP) is 1.26. The number of fused-ring (bicyclic) bond motifs is 1. The molecule has 0 atom stereocenters. The molecule has 7 heteroatoms. The van der Waals surface area contributed by atoms with Crippen LogP contribution in [-0.4, -0.2) is 35.7 Å². The van der Waals surface area contributed by atoms with Crippen molar-refractivity contribution in [2.75, 3.05) is 20.3 Å². The van der Waals surface area contributed by atoms with E-state index < -0.39 is 5.69 Å². The second kappa shape index (κ2) is 8.44. The van der Waals surface area contributed by atoms with Crippen molar-refractivity contribution in [3.8, 4) is 0 Å². The summed E-state index contributed by atoms with van der Waals surface area (Å²) < 4.78 is 6.10. The van der Waals surface area contributed by atoms with E-state index in [2.05, 4.69) is 17.2 Å². The van der Waals surface area contributed by atoms with Gasteiger partial charge in [0.05, 0.1) is 17.5 Å². The van der Waals surface area contributed by atoms with Crippen LogP contribution in [0.1, 0.15) is 36.5 Å². The molecule has 0 aliphatic carbocycles. The zero-order valence-corrected chi connectivity index (χ0v) is 14.1. The van der Waals surface area contributed by atoms with Crippen LogP contribution in [0.4, 0.5) is 0 Å². The second-order valence-corrected chi connectivity index (χ2v) is 5.60. The maximum atomic E-state index is 12.5. The first-order valence-electron chi connectivity index (χ1n) is 8.12. The molecular formula is C17H23N3O4. The van der Waals surface area contributed by atoms with Crippen molar-refractivity contribution in [1.29, 1.82) is 0 Å². The minimum absolute atomic E-state index is 0.276. The standard InChI is InChI=1S/C17H23N3O4/c1-3-4-5-9-20-16(22)13-7-6-12(11-14(13)19-17(20)23)15(21)18-8-10-24-2/h6-7,11H,3-5,8-10H2,1-2H3,(H,18,21)(H,19,23). The van der Waals surface area contributed by atoms with Gasteiger partial charge in [-0.1, -0.05) is 19.8 Å². The Kier molecular flexibility index (Phi) is 6.31. The first-order chi connectivity index (χ1) is 11.6. The number of unbranched alkanes of at least 4 members (excludes halogenated alkanes) is 2. The summed E-state index contributed by atoms with van der Waals surface area (Å²) >= 11 is 0. The number of hydrogen-bond donors (Lipinski definition) is 2. The largest absolute Gasteiger partial charge is 0.383 e. The van der Waals surface area contributed by atoms with Crippen molar-refractivity contribution in [2.45, 2.75) is 32.7 Å². The van der Waals surface area contributed by atoms with E-state index in [1.165, 1.54) is 10.6 Å². The number of amides is 1. The molecule has 0 aliphatic heterocycles. The van der Waals surface area contributed by atoms with Gasteiger partial charge in [0, 0.05) is 25.8 Å². The van der Waals surface area contributed by atoms with Crippen LogP contribution in [0.3, 0.4) is 0 Å². The summed E-state index contributed by atoms with van der Waals surface area (Å²) in [5.74, 6) is -0.276. The number of carbonyl (C=O) groups is 1.